The molecule has 110 valence electrons. The zero-order chi connectivity index (χ0) is 14.4. The number of carbonyl (C=O) groups excluding carboxylic acids is 1. The Labute approximate surface area is 120 Å². The summed E-state index contributed by atoms with van der Waals surface area (Å²) in [6, 6.07) is 4.24. The molecule has 0 aromatic carbocycles. The van der Waals surface area contributed by atoms with Gasteiger partial charge in [0.25, 0.3) is 0 Å². The Bertz CT molecular complexity index is 421. The van der Waals surface area contributed by atoms with E-state index >= 15 is 0 Å². The highest BCUT2D eigenvalue weighted by molar-refractivity contribution is 5.78. The lowest BCUT2D eigenvalue weighted by Gasteiger charge is -2.35. The summed E-state index contributed by atoms with van der Waals surface area (Å²) < 4.78 is 0. The Morgan fingerprint density at radius 3 is 3.15 bits per heavy atom. The van der Waals surface area contributed by atoms with Gasteiger partial charge in [-0.3, -0.25) is 14.7 Å². The molecule has 1 atom stereocenters. The molecule has 0 aliphatic carbocycles. The van der Waals surface area contributed by atoms with Crippen molar-refractivity contribution < 1.29 is 4.79 Å². The minimum absolute atomic E-state index is 0.106. The average molecular weight is 276 g/mol. The van der Waals surface area contributed by atoms with Crippen molar-refractivity contribution in [1.82, 2.24) is 20.5 Å². The Balaban J connectivity index is 1.95. The molecule has 1 aliphatic heterocycles. The highest BCUT2D eigenvalue weighted by atomic mass is 16.2. The maximum absolute atomic E-state index is 12.0. The zero-order valence-corrected chi connectivity index (χ0v) is 12.3. The third-order valence-corrected chi connectivity index (χ3v) is 3.48. The van der Waals surface area contributed by atoms with Crippen LogP contribution in [-0.4, -0.2) is 48.5 Å². The fourth-order valence-electron chi connectivity index (χ4n) is 2.40. The minimum Gasteiger partial charge on any atom is -0.355 e. The first kappa shape index (κ1) is 14.9. The van der Waals surface area contributed by atoms with Crippen molar-refractivity contribution in [2.75, 3.05) is 32.7 Å². The highest BCUT2D eigenvalue weighted by Crippen LogP contribution is 2.20. The normalized spacial score (nSPS) is 20.1. The number of nitrogens with zero attached hydrogens (tertiary/aromatic N) is 2. The van der Waals surface area contributed by atoms with E-state index in [4.69, 9.17) is 0 Å². The maximum atomic E-state index is 12.0. The van der Waals surface area contributed by atoms with E-state index in [0.29, 0.717) is 12.5 Å². The first-order chi connectivity index (χ1) is 9.66. The number of hydrogen-bond donors (Lipinski definition) is 2. The first-order valence-corrected chi connectivity index (χ1v) is 7.28. The van der Waals surface area contributed by atoms with Gasteiger partial charge in [0.15, 0.2) is 0 Å². The summed E-state index contributed by atoms with van der Waals surface area (Å²) in [5, 5.41) is 6.37. The van der Waals surface area contributed by atoms with Gasteiger partial charge in [-0.1, -0.05) is 19.9 Å². The predicted molar refractivity (Wildman–Crippen MR) is 79.3 cm³/mol. The van der Waals surface area contributed by atoms with Gasteiger partial charge in [-0.25, -0.2) is 0 Å². The van der Waals surface area contributed by atoms with Crippen LogP contribution in [0.1, 0.15) is 25.5 Å². The molecule has 2 heterocycles. The molecule has 0 bridgehead atoms. The average Bonchev–Trinajstić information content (AvgIpc) is 2.47. The van der Waals surface area contributed by atoms with Crippen LogP contribution in [0.2, 0.25) is 0 Å². The molecule has 2 rings (SSSR count). The summed E-state index contributed by atoms with van der Waals surface area (Å²) in [6.45, 7) is 8.07. The van der Waals surface area contributed by atoms with E-state index in [1.54, 1.807) is 6.20 Å². The molecular weight excluding hydrogens is 252 g/mol. The summed E-state index contributed by atoms with van der Waals surface area (Å²) in [7, 11) is 0. The van der Waals surface area contributed by atoms with Gasteiger partial charge in [0.1, 0.15) is 0 Å². The number of aromatic nitrogens is 1. The highest BCUT2D eigenvalue weighted by Gasteiger charge is 2.25. The maximum Gasteiger partial charge on any atom is 0.234 e. The molecule has 0 spiro atoms. The van der Waals surface area contributed by atoms with Crippen LogP contribution >= 0.6 is 0 Å². The Morgan fingerprint density at radius 1 is 1.60 bits per heavy atom. The van der Waals surface area contributed by atoms with Gasteiger partial charge < -0.3 is 10.6 Å². The summed E-state index contributed by atoms with van der Waals surface area (Å²) in [6.07, 6.45) is 3.66. The lowest BCUT2D eigenvalue weighted by atomic mass is 10.1. The molecule has 20 heavy (non-hydrogen) atoms. The minimum atomic E-state index is 0.106. The lowest BCUT2D eigenvalue weighted by Crippen LogP contribution is -2.49. The number of hydrogen-bond acceptors (Lipinski definition) is 4. The predicted octanol–water partition coefficient (Wildman–Crippen LogP) is 0.800. The third-order valence-electron chi connectivity index (χ3n) is 3.48. The van der Waals surface area contributed by atoms with Crippen LogP contribution in [-0.2, 0) is 4.79 Å². The number of rotatable bonds is 5. The molecule has 1 aromatic rings. The van der Waals surface area contributed by atoms with Crippen molar-refractivity contribution in [1.29, 1.82) is 0 Å². The summed E-state index contributed by atoms with van der Waals surface area (Å²) in [5.74, 6) is 0.589. The number of amides is 1. The molecule has 0 saturated carbocycles. The number of pyridine rings is 1. The van der Waals surface area contributed by atoms with Crippen molar-refractivity contribution >= 4 is 5.91 Å². The van der Waals surface area contributed by atoms with E-state index in [9.17, 15) is 4.79 Å². The monoisotopic (exact) mass is 276 g/mol. The van der Waals surface area contributed by atoms with Crippen LogP contribution < -0.4 is 10.6 Å². The molecule has 1 amide bonds. The molecular formula is C15H24N4O. The van der Waals surface area contributed by atoms with Gasteiger partial charge in [0.05, 0.1) is 6.54 Å². The van der Waals surface area contributed by atoms with E-state index < -0.39 is 0 Å². The van der Waals surface area contributed by atoms with Gasteiger partial charge in [0.2, 0.25) is 5.91 Å². The molecule has 2 N–H and O–H groups in total. The molecule has 0 radical (unpaired) electrons. The fraction of sp³-hybridized carbons (Fsp3) is 0.600. The van der Waals surface area contributed by atoms with E-state index in [2.05, 4.69) is 40.4 Å². The van der Waals surface area contributed by atoms with Gasteiger partial charge in [-0.05, 0) is 17.5 Å². The molecule has 5 heteroatoms. The topological polar surface area (TPSA) is 57.3 Å². The van der Waals surface area contributed by atoms with E-state index in [0.717, 1.165) is 31.7 Å². The molecule has 1 fully saturated rings. The molecule has 1 aliphatic rings. The summed E-state index contributed by atoms with van der Waals surface area (Å²) in [4.78, 5) is 18.4. The zero-order valence-electron chi connectivity index (χ0n) is 12.3. The van der Waals surface area contributed by atoms with E-state index in [-0.39, 0.29) is 11.9 Å². The quantitative estimate of drug-likeness (QED) is 0.835. The van der Waals surface area contributed by atoms with Crippen LogP contribution in [0.15, 0.2) is 24.5 Å². The Hall–Kier alpha value is -1.46. The van der Waals surface area contributed by atoms with Crippen molar-refractivity contribution in [3.05, 3.63) is 30.1 Å². The van der Waals surface area contributed by atoms with Gasteiger partial charge in [0, 0.05) is 44.6 Å². The molecule has 1 aromatic heterocycles. The van der Waals surface area contributed by atoms with Crippen molar-refractivity contribution in [3.63, 3.8) is 0 Å². The van der Waals surface area contributed by atoms with Gasteiger partial charge in [-0.2, -0.15) is 0 Å². The standard InChI is InChI=1S/C15H24N4O/c1-12(2)8-18-15(20)11-19-7-6-17-10-14(19)13-4-3-5-16-9-13/h3-5,9,12,14,17H,6-8,10-11H2,1-2H3,(H,18,20). The van der Waals surface area contributed by atoms with Crippen LogP contribution in [0.4, 0.5) is 0 Å². The summed E-state index contributed by atoms with van der Waals surface area (Å²) in [5.41, 5.74) is 1.16. The second-order valence-corrected chi connectivity index (χ2v) is 5.67. The van der Waals surface area contributed by atoms with Crippen LogP contribution in [0.5, 0.6) is 0 Å². The van der Waals surface area contributed by atoms with Crippen LogP contribution in [0, 0.1) is 5.92 Å². The van der Waals surface area contributed by atoms with Crippen molar-refractivity contribution in [2.24, 2.45) is 5.92 Å². The third kappa shape index (κ3) is 4.28. The Morgan fingerprint density at radius 2 is 2.45 bits per heavy atom. The van der Waals surface area contributed by atoms with Crippen LogP contribution in [0.3, 0.4) is 0 Å². The van der Waals surface area contributed by atoms with Gasteiger partial charge >= 0.3 is 0 Å². The molecule has 1 unspecified atom stereocenters. The van der Waals surface area contributed by atoms with E-state index in [1.807, 2.05) is 12.3 Å². The van der Waals surface area contributed by atoms with Gasteiger partial charge in [-0.15, -0.1) is 0 Å². The lowest BCUT2D eigenvalue weighted by molar-refractivity contribution is -0.123. The largest absolute Gasteiger partial charge is 0.355 e. The number of nitrogens with one attached hydrogen (secondary N) is 2. The van der Waals surface area contributed by atoms with E-state index in [1.165, 1.54) is 0 Å². The molecule has 1 saturated heterocycles. The Kier molecular flexibility index (Phi) is 5.49. The number of piperazine rings is 1. The second kappa shape index (κ2) is 7.36. The smallest absolute Gasteiger partial charge is 0.234 e. The fourth-order valence-corrected chi connectivity index (χ4v) is 2.40. The second-order valence-electron chi connectivity index (χ2n) is 5.67. The van der Waals surface area contributed by atoms with Crippen LogP contribution in [0.25, 0.3) is 0 Å². The van der Waals surface area contributed by atoms with Crippen molar-refractivity contribution in [2.45, 2.75) is 19.9 Å². The van der Waals surface area contributed by atoms with Crippen molar-refractivity contribution in [3.8, 4) is 0 Å². The SMILES string of the molecule is CC(C)CNC(=O)CN1CCNCC1c1cccnc1. The number of carbonyl (C=O) groups is 1. The first-order valence-electron chi connectivity index (χ1n) is 7.28. The summed E-state index contributed by atoms with van der Waals surface area (Å²) >= 11 is 0. The molecule has 5 nitrogen and oxygen atoms in total.